The zero-order valence-electron chi connectivity index (χ0n) is 22.1. The average molecular weight is 469 g/mol. The van der Waals surface area contributed by atoms with Gasteiger partial charge in [0.2, 0.25) is 0 Å². The molecule has 2 aromatic carbocycles. The molecule has 188 valence electrons. The number of quaternary nitrogens is 1. The van der Waals surface area contributed by atoms with Crippen LogP contribution >= 0.6 is 0 Å². The highest BCUT2D eigenvalue weighted by Gasteiger charge is 2.32. The molecule has 0 spiro atoms. The zero-order chi connectivity index (χ0) is 24.8. The first-order valence-electron chi connectivity index (χ1n) is 13.1. The maximum absolute atomic E-state index is 12.9. The lowest BCUT2D eigenvalue weighted by atomic mass is 10.0. The first-order chi connectivity index (χ1) is 16.4. The first kappa shape index (κ1) is 27.9. The summed E-state index contributed by atoms with van der Waals surface area (Å²) in [6.45, 7) is 7.32. The molecular weight excluding hydrogens is 422 g/mol. The highest BCUT2D eigenvalue weighted by Crippen LogP contribution is 2.23. The number of carbonyl (C=O) groups is 1. The molecule has 0 aliphatic carbocycles. The molecule has 4 nitrogen and oxygen atoms in total. The number of hydrogen-bond donors (Lipinski definition) is 0. The van der Waals surface area contributed by atoms with E-state index < -0.39 is 0 Å². The Morgan fingerprint density at radius 2 is 1.53 bits per heavy atom. The van der Waals surface area contributed by atoms with Gasteiger partial charge in [-0.2, -0.15) is 0 Å². The second-order valence-corrected chi connectivity index (χ2v) is 10.0. The lowest BCUT2D eigenvalue weighted by molar-refractivity contribution is -0.917. The summed E-state index contributed by atoms with van der Waals surface area (Å²) >= 11 is 0. The summed E-state index contributed by atoms with van der Waals surface area (Å²) in [6, 6.07) is 18.3. The Bertz CT molecular complexity index is 834. The van der Waals surface area contributed by atoms with Crippen molar-refractivity contribution in [2.45, 2.75) is 90.8 Å². The summed E-state index contributed by atoms with van der Waals surface area (Å²) in [5.74, 6) is 0.746. The molecule has 0 heterocycles. The van der Waals surface area contributed by atoms with E-state index >= 15 is 0 Å². The predicted molar refractivity (Wildman–Crippen MR) is 141 cm³/mol. The molecule has 0 saturated carbocycles. The summed E-state index contributed by atoms with van der Waals surface area (Å²) < 4.78 is 12.6. The molecule has 2 rings (SSSR count). The van der Waals surface area contributed by atoms with Crippen molar-refractivity contribution >= 4 is 5.97 Å². The maximum atomic E-state index is 12.9. The molecular formula is C30H46NO3+. The highest BCUT2D eigenvalue weighted by molar-refractivity contribution is 5.74. The van der Waals surface area contributed by atoms with E-state index in [1.54, 1.807) is 0 Å². The van der Waals surface area contributed by atoms with Gasteiger partial charge in [0.15, 0.2) is 6.04 Å². The van der Waals surface area contributed by atoms with Crippen molar-refractivity contribution in [1.29, 1.82) is 0 Å². The van der Waals surface area contributed by atoms with E-state index in [4.69, 9.17) is 9.47 Å². The van der Waals surface area contributed by atoms with Gasteiger partial charge in [-0.3, -0.25) is 0 Å². The van der Waals surface area contributed by atoms with Crippen LogP contribution in [0.2, 0.25) is 0 Å². The second kappa shape index (κ2) is 14.8. The van der Waals surface area contributed by atoms with Crippen LogP contribution in [0.15, 0.2) is 54.6 Å². The maximum Gasteiger partial charge on any atom is 0.364 e. The summed E-state index contributed by atoms with van der Waals surface area (Å²) in [5.41, 5.74) is 2.46. The molecule has 0 saturated heterocycles. The Morgan fingerprint density at radius 1 is 0.882 bits per heavy atom. The minimum absolute atomic E-state index is 0.147. The number of esters is 1. The van der Waals surface area contributed by atoms with E-state index in [9.17, 15) is 4.79 Å². The van der Waals surface area contributed by atoms with Gasteiger partial charge < -0.3 is 14.0 Å². The van der Waals surface area contributed by atoms with Crippen LogP contribution in [0, 0.1) is 0 Å². The third kappa shape index (κ3) is 9.50. The molecule has 2 unspecified atom stereocenters. The number of nitrogens with zero attached hydrogens (tertiary/aromatic N) is 1. The topological polar surface area (TPSA) is 35.5 Å². The fourth-order valence-electron chi connectivity index (χ4n) is 4.11. The molecule has 0 fully saturated rings. The molecule has 0 aromatic heterocycles. The van der Waals surface area contributed by atoms with Crippen LogP contribution in [-0.2, 0) is 22.5 Å². The van der Waals surface area contributed by atoms with E-state index in [2.05, 4.69) is 52.2 Å². The highest BCUT2D eigenvalue weighted by atomic mass is 16.6. The van der Waals surface area contributed by atoms with E-state index in [0.29, 0.717) is 4.48 Å². The standard InChI is InChI=1S/C30H46NO3/c1-6-8-9-10-11-15-20-27-21-16-17-22-29(27)34-28(7-2)24-33-30(32)25(3)31(4,5)23-26-18-13-12-14-19-26/h12-14,16-19,21-22,25,28H,6-11,15,20,23-24H2,1-5H3/q+1. The van der Waals surface area contributed by atoms with Gasteiger partial charge in [0.25, 0.3) is 0 Å². The van der Waals surface area contributed by atoms with Crippen LogP contribution in [0.1, 0.15) is 76.8 Å². The smallest absolute Gasteiger partial charge is 0.364 e. The Balaban J connectivity index is 1.86. The lowest BCUT2D eigenvalue weighted by Gasteiger charge is -2.34. The Kier molecular flexibility index (Phi) is 12.2. The van der Waals surface area contributed by atoms with Crippen LogP contribution in [0.5, 0.6) is 5.75 Å². The predicted octanol–water partition coefficient (Wildman–Crippen LogP) is 6.96. The van der Waals surface area contributed by atoms with Gasteiger partial charge in [-0.1, -0.05) is 94.5 Å². The summed E-state index contributed by atoms with van der Waals surface area (Å²) in [5, 5.41) is 0. The minimum atomic E-state index is -0.266. The van der Waals surface area contributed by atoms with Crippen LogP contribution in [0.4, 0.5) is 0 Å². The quantitative estimate of drug-likeness (QED) is 0.152. The fraction of sp³-hybridized carbons (Fsp3) is 0.567. The van der Waals surface area contributed by atoms with Crippen LogP contribution in [0.25, 0.3) is 0 Å². The van der Waals surface area contributed by atoms with Gasteiger partial charge in [-0.05, 0) is 37.8 Å². The Labute approximate surface area is 207 Å². The molecule has 2 aromatic rings. The molecule has 0 aliphatic rings. The molecule has 0 bridgehead atoms. The van der Waals surface area contributed by atoms with Crippen LogP contribution in [-0.4, -0.2) is 43.3 Å². The molecule has 0 N–H and O–H groups in total. The van der Waals surface area contributed by atoms with Gasteiger partial charge in [-0.25, -0.2) is 4.79 Å². The van der Waals surface area contributed by atoms with Crippen molar-refractivity contribution < 1.29 is 18.8 Å². The normalized spacial score (nSPS) is 13.3. The van der Waals surface area contributed by atoms with Crippen molar-refractivity contribution in [1.82, 2.24) is 0 Å². The molecule has 0 aliphatic heterocycles. The monoisotopic (exact) mass is 468 g/mol. The Hall–Kier alpha value is -2.33. The van der Waals surface area contributed by atoms with E-state index in [-0.39, 0.29) is 24.7 Å². The number of benzene rings is 2. The third-order valence-corrected chi connectivity index (χ3v) is 6.76. The van der Waals surface area contributed by atoms with Gasteiger partial charge in [0, 0.05) is 5.56 Å². The largest absolute Gasteiger partial charge is 0.487 e. The first-order valence-corrected chi connectivity index (χ1v) is 13.1. The van der Waals surface area contributed by atoms with Gasteiger partial charge in [-0.15, -0.1) is 0 Å². The SMILES string of the molecule is CCCCCCCCc1ccccc1OC(CC)COC(=O)C(C)[N+](C)(C)Cc1ccccc1. The molecule has 0 radical (unpaired) electrons. The second-order valence-electron chi connectivity index (χ2n) is 10.0. The molecule has 2 atom stereocenters. The molecule has 0 amide bonds. The Morgan fingerprint density at radius 3 is 2.24 bits per heavy atom. The summed E-state index contributed by atoms with van der Waals surface area (Å²) in [4.78, 5) is 12.9. The fourth-order valence-corrected chi connectivity index (χ4v) is 4.11. The number of para-hydroxylation sites is 1. The van der Waals surface area contributed by atoms with Crippen molar-refractivity contribution in [2.24, 2.45) is 0 Å². The minimum Gasteiger partial charge on any atom is -0.487 e. The lowest BCUT2D eigenvalue weighted by Crippen LogP contribution is -2.51. The number of unbranched alkanes of at least 4 members (excludes halogenated alkanes) is 5. The average Bonchev–Trinajstić information content (AvgIpc) is 2.84. The number of rotatable bonds is 16. The number of aryl methyl sites for hydroxylation is 1. The van der Waals surface area contributed by atoms with Crippen LogP contribution < -0.4 is 4.74 Å². The van der Waals surface area contributed by atoms with E-state index in [0.717, 1.165) is 25.1 Å². The number of likely N-dealkylation sites (N-methyl/N-ethyl adjacent to an activating group) is 1. The molecule has 4 heteroatoms. The number of carbonyl (C=O) groups excluding carboxylic acids is 1. The van der Waals surface area contributed by atoms with E-state index in [1.165, 1.54) is 49.7 Å². The van der Waals surface area contributed by atoms with Gasteiger partial charge in [0.05, 0.1) is 14.1 Å². The number of hydrogen-bond acceptors (Lipinski definition) is 3. The van der Waals surface area contributed by atoms with Gasteiger partial charge in [0.1, 0.15) is 25.0 Å². The zero-order valence-corrected chi connectivity index (χ0v) is 22.1. The summed E-state index contributed by atoms with van der Waals surface area (Å²) in [6.07, 6.45) is 9.36. The van der Waals surface area contributed by atoms with Gasteiger partial charge >= 0.3 is 5.97 Å². The number of ether oxygens (including phenoxy) is 2. The molecule has 34 heavy (non-hydrogen) atoms. The van der Waals surface area contributed by atoms with E-state index in [1.807, 2.05) is 37.3 Å². The van der Waals surface area contributed by atoms with Crippen molar-refractivity contribution in [3.05, 3.63) is 65.7 Å². The van der Waals surface area contributed by atoms with Crippen molar-refractivity contribution in [2.75, 3.05) is 20.7 Å². The summed E-state index contributed by atoms with van der Waals surface area (Å²) in [7, 11) is 4.15. The van der Waals surface area contributed by atoms with Crippen molar-refractivity contribution in [3.63, 3.8) is 0 Å². The van der Waals surface area contributed by atoms with Crippen LogP contribution in [0.3, 0.4) is 0 Å². The van der Waals surface area contributed by atoms with Crippen molar-refractivity contribution in [3.8, 4) is 5.75 Å². The third-order valence-electron chi connectivity index (χ3n) is 6.76.